The van der Waals surface area contributed by atoms with E-state index in [-0.39, 0.29) is 5.60 Å². The number of thioether (sulfide) groups is 1. The van der Waals surface area contributed by atoms with Crippen LogP contribution in [0.15, 0.2) is 0 Å². The quantitative estimate of drug-likeness (QED) is 0.602. The normalized spacial score (nSPS) is 28.7. The molecule has 112 valence electrons. The average Bonchev–Trinajstić information content (AvgIpc) is 2.45. The van der Waals surface area contributed by atoms with Gasteiger partial charge in [-0.15, -0.1) is 0 Å². The lowest BCUT2D eigenvalue weighted by molar-refractivity contribution is -0.110. The first-order valence-corrected chi connectivity index (χ1v) is 9.08. The van der Waals surface area contributed by atoms with Gasteiger partial charge in [0, 0.05) is 12.6 Å². The Morgan fingerprint density at radius 1 is 1.32 bits per heavy atom. The smallest absolute Gasteiger partial charge is 0.0701 e. The number of nitrogens with two attached hydrogens (primary N) is 1. The maximum absolute atomic E-state index is 6.20. The van der Waals surface area contributed by atoms with E-state index < -0.39 is 0 Å². The largest absolute Gasteiger partial charge is 0.375 e. The molecule has 19 heavy (non-hydrogen) atoms. The van der Waals surface area contributed by atoms with Crippen LogP contribution in [0.1, 0.15) is 52.4 Å². The summed E-state index contributed by atoms with van der Waals surface area (Å²) < 4.78 is 6.20. The Morgan fingerprint density at radius 3 is 2.58 bits per heavy atom. The SMILES string of the molecule is CCC(CC)C(NN)C1CCOC2(CCSCC2)C1. The van der Waals surface area contributed by atoms with E-state index in [9.17, 15) is 0 Å². The highest BCUT2D eigenvalue weighted by atomic mass is 32.2. The van der Waals surface area contributed by atoms with Crippen LogP contribution in [0.2, 0.25) is 0 Å². The lowest BCUT2D eigenvalue weighted by Crippen LogP contribution is -2.52. The van der Waals surface area contributed by atoms with Gasteiger partial charge in [-0.25, -0.2) is 0 Å². The summed E-state index contributed by atoms with van der Waals surface area (Å²) in [4.78, 5) is 0. The summed E-state index contributed by atoms with van der Waals surface area (Å²) in [5.74, 6) is 9.79. The van der Waals surface area contributed by atoms with Gasteiger partial charge in [0.25, 0.3) is 0 Å². The van der Waals surface area contributed by atoms with Crippen LogP contribution >= 0.6 is 11.8 Å². The van der Waals surface area contributed by atoms with Crippen LogP contribution in [0, 0.1) is 11.8 Å². The van der Waals surface area contributed by atoms with Crippen molar-refractivity contribution in [2.24, 2.45) is 17.7 Å². The molecule has 0 aromatic rings. The fourth-order valence-corrected chi connectivity index (χ4v) is 5.15. The summed E-state index contributed by atoms with van der Waals surface area (Å²) >= 11 is 2.07. The van der Waals surface area contributed by atoms with Gasteiger partial charge < -0.3 is 4.74 Å². The molecule has 0 aliphatic carbocycles. The zero-order valence-corrected chi connectivity index (χ0v) is 13.3. The second-order valence-corrected chi connectivity index (χ2v) is 7.39. The molecule has 2 unspecified atom stereocenters. The summed E-state index contributed by atoms with van der Waals surface area (Å²) in [5.41, 5.74) is 3.31. The Kier molecular flexibility index (Phi) is 6.00. The minimum Gasteiger partial charge on any atom is -0.375 e. The van der Waals surface area contributed by atoms with Crippen LogP contribution in [0.25, 0.3) is 0 Å². The summed E-state index contributed by atoms with van der Waals surface area (Å²) in [7, 11) is 0. The first kappa shape index (κ1) is 15.6. The molecule has 0 saturated carbocycles. The number of hydrogen-bond acceptors (Lipinski definition) is 4. The monoisotopic (exact) mass is 286 g/mol. The second-order valence-electron chi connectivity index (χ2n) is 6.17. The third-order valence-corrected chi connectivity index (χ3v) is 6.18. The van der Waals surface area contributed by atoms with Crippen molar-refractivity contribution < 1.29 is 4.74 Å². The van der Waals surface area contributed by atoms with Crippen molar-refractivity contribution in [3.8, 4) is 0 Å². The molecule has 2 atom stereocenters. The standard InChI is InChI=1S/C15H30N2OS/c1-3-12(4-2)14(17-16)13-5-8-18-15(11-13)6-9-19-10-7-15/h12-14,17H,3-11,16H2,1-2H3. The van der Waals surface area contributed by atoms with Gasteiger partial charge in [-0.2, -0.15) is 11.8 Å². The van der Waals surface area contributed by atoms with Crippen molar-refractivity contribution in [1.29, 1.82) is 0 Å². The Hall–Kier alpha value is 0.230. The zero-order chi connectivity index (χ0) is 13.7. The Balaban J connectivity index is 2.02. The van der Waals surface area contributed by atoms with Crippen molar-refractivity contribution in [3.05, 3.63) is 0 Å². The van der Waals surface area contributed by atoms with Crippen molar-refractivity contribution >= 4 is 11.8 Å². The molecule has 2 heterocycles. The molecule has 0 bridgehead atoms. The second kappa shape index (κ2) is 7.30. The van der Waals surface area contributed by atoms with E-state index in [2.05, 4.69) is 31.0 Å². The number of rotatable bonds is 5. The Labute approximate surface area is 122 Å². The van der Waals surface area contributed by atoms with Crippen molar-refractivity contribution in [3.63, 3.8) is 0 Å². The van der Waals surface area contributed by atoms with Crippen LogP contribution in [-0.2, 0) is 4.74 Å². The molecule has 4 heteroatoms. The van der Waals surface area contributed by atoms with E-state index in [1.807, 2.05) is 0 Å². The third kappa shape index (κ3) is 3.66. The van der Waals surface area contributed by atoms with Gasteiger partial charge >= 0.3 is 0 Å². The molecule has 0 aromatic heterocycles. The van der Waals surface area contributed by atoms with Gasteiger partial charge in [0.1, 0.15) is 0 Å². The summed E-state index contributed by atoms with van der Waals surface area (Å²) in [5, 5.41) is 0. The molecular weight excluding hydrogens is 256 g/mol. The lowest BCUT2D eigenvalue weighted by Gasteiger charge is -2.46. The predicted octanol–water partition coefficient (Wildman–Crippen LogP) is 2.95. The number of nitrogens with one attached hydrogen (secondary N) is 1. The highest BCUT2D eigenvalue weighted by Gasteiger charge is 2.41. The van der Waals surface area contributed by atoms with Crippen LogP contribution in [0.3, 0.4) is 0 Å². The molecule has 0 radical (unpaired) electrons. The molecule has 2 aliphatic heterocycles. The van der Waals surface area contributed by atoms with E-state index in [4.69, 9.17) is 10.6 Å². The number of hydrogen-bond donors (Lipinski definition) is 2. The van der Waals surface area contributed by atoms with E-state index in [1.54, 1.807) is 0 Å². The van der Waals surface area contributed by atoms with Gasteiger partial charge in [0.05, 0.1) is 5.60 Å². The van der Waals surface area contributed by atoms with Crippen molar-refractivity contribution in [2.45, 2.75) is 64.0 Å². The topological polar surface area (TPSA) is 47.3 Å². The van der Waals surface area contributed by atoms with E-state index >= 15 is 0 Å². The molecule has 3 N–H and O–H groups in total. The van der Waals surface area contributed by atoms with Crippen LogP contribution in [0.5, 0.6) is 0 Å². The number of ether oxygens (including phenoxy) is 1. The predicted molar refractivity (Wildman–Crippen MR) is 83.1 cm³/mol. The van der Waals surface area contributed by atoms with E-state index in [0.29, 0.717) is 17.9 Å². The van der Waals surface area contributed by atoms with Gasteiger partial charge in [0.2, 0.25) is 0 Å². The van der Waals surface area contributed by atoms with Gasteiger partial charge in [0.15, 0.2) is 0 Å². The molecule has 2 aliphatic rings. The third-order valence-electron chi connectivity index (χ3n) is 5.19. The van der Waals surface area contributed by atoms with E-state index in [0.717, 1.165) is 6.61 Å². The first-order valence-electron chi connectivity index (χ1n) is 7.92. The molecule has 2 saturated heterocycles. The van der Waals surface area contributed by atoms with Crippen LogP contribution < -0.4 is 11.3 Å². The van der Waals surface area contributed by atoms with E-state index in [1.165, 1.54) is 50.0 Å². The summed E-state index contributed by atoms with van der Waals surface area (Å²) in [6, 6.07) is 0.463. The van der Waals surface area contributed by atoms with Crippen molar-refractivity contribution in [1.82, 2.24) is 5.43 Å². The van der Waals surface area contributed by atoms with Crippen LogP contribution in [-0.4, -0.2) is 29.8 Å². The number of hydrazine groups is 1. The highest BCUT2D eigenvalue weighted by molar-refractivity contribution is 7.99. The molecule has 0 amide bonds. The van der Waals surface area contributed by atoms with Crippen molar-refractivity contribution in [2.75, 3.05) is 18.1 Å². The molecule has 2 fully saturated rings. The minimum atomic E-state index is 0.176. The molecule has 2 rings (SSSR count). The average molecular weight is 286 g/mol. The Bertz CT molecular complexity index is 259. The molecule has 0 aromatic carbocycles. The van der Waals surface area contributed by atoms with Gasteiger partial charge in [-0.05, 0) is 49.0 Å². The van der Waals surface area contributed by atoms with Gasteiger partial charge in [-0.1, -0.05) is 26.7 Å². The van der Waals surface area contributed by atoms with Gasteiger partial charge in [-0.3, -0.25) is 11.3 Å². The fraction of sp³-hybridized carbons (Fsp3) is 1.00. The Morgan fingerprint density at radius 2 is 2.00 bits per heavy atom. The maximum Gasteiger partial charge on any atom is 0.0701 e. The molecular formula is C15H30N2OS. The summed E-state index contributed by atoms with van der Waals surface area (Å²) in [6.45, 7) is 5.49. The summed E-state index contributed by atoms with van der Waals surface area (Å²) in [6.07, 6.45) is 7.26. The highest BCUT2D eigenvalue weighted by Crippen LogP contribution is 2.42. The minimum absolute atomic E-state index is 0.176. The van der Waals surface area contributed by atoms with Crippen LogP contribution in [0.4, 0.5) is 0 Å². The zero-order valence-electron chi connectivity index (χ0n) is 12.5. The fourth-order valence-electron chi connectivity index (χ4n) is 3.92. The molecule has 1 spiro atoms. The maximum atomic E-state index is 6.20. The molecule has 3 nitrogen and oxygen atoms in total. The lowest BCUT2D eigenvalue weighted by atomic mass is 9.74. The first-order chi connectivity index (χ1) is 9.24.